The van der Waals surface area contributed by atoms with Gasteiger partial charge in [-0.1, -0.05) is 19.9 Å². The minimum absolute atomic E-state index is 0.106. The van der Waals surface area contributed by atoms with E-state index in [1.54, 1.807) is 18.0 Å². The van der Waals surface area contributed by atoms with Crippen LogP contribution in [0.15, 0.2) is 24.4 Å². The molecule has 30 heavy (non-hydrogen) atoms. The van der Waals surface area contributed by atoms with Crippen molar-refractivity contribution in [3.63, 3.8) is 0 Å². The third kappa shape index (κ3) is 5.47. The fourth-order valence-electron chi connectivity index (χ4n) is 3.58. The average Bonchev–Trinajstić information content (AvgIpc) is 3.55. The molecule has 3 unspecified atom stereocenters. The van der Waals surface area contributed by atoms with Crippen molar-refractivity contribution in [1.82, 2.24) is 15.2 Å². The summed E-state index contributed by atoms with van der Waals surface area (Å²) in [6.45, 7) is 8.41. The van der Waals surface area contributed by atoms with Crippen LogP contribution in [-0.4, -0.2) is 78.7 Å². The molecular formula is C21H30N4O5. The van der Waals surface area contributed by atoms with Gasteiger partial charge in [-0.15, -0.1) is 0 Å². The molecule has 3 heterocycles. The highest BCUT2D eigenvalue weighted by atomic mass is 16.6. The molecule has 0 aliphatic carbocycles. The number of carbonyl (C=O) groups is 3. The number of ether oxygens (including phenoxy) is 2. The van der Waals surface area contributed by atoms with E-state index in [1.807, 2.05) is 32.0 Å². The lowest BCUT2D eigenvalue weighted by molar-refractivity contribution is -0.144. The number of nitrogens with zero attached hydrogens (tertiary/aromatic N) is 3. The molecule has 3 rings (SSSR count). The van der Waals surface area contributed by atoms with E-state index in [2.05, 4.69) is 15.2 Å². The van der Waals surface area contributed by atoms with E-state index in [4.69, 9.17) is 9.47 Å². The number of epoxide rings is 1. The van der Waals surface area contributed by atoms with Crippen LogP contribution in [0, 0.1) is 5.92 Å². The molecule has 3 atom stereocenters. The number of carbonyl (C=O) groups excluding carboxylic acids is 3. The van der Waals surface area contributed by atoms with E-state index in [-0.39, 0.29) is 18.4 Å². The van der Waals surface area contributed by atoms with Crippen LogP contribution in [0.25, 0.3) is 0 Å². The van der Waals surface area contributed by atoms with E-state index in [1.165, 1.54) is 0 Å². The zero-order valence-corrected chi connectivity index (χ0v) is 17.7. The fourth-order valence-corrected chi connectivity index (χ4v) is 3.58. The normalized spacial score (nSPS) is 21.9. The Morgan fingerprint density at radius 3 is 2.53 bits per heavy atom. The largest absolute Gasteiger partial charge is 0.464 e. The summed E-state index contributed by atoms with van der Waals surface area (Å²) < 4.78 is 10.0. The Kier molecular flexibility index (Phi) is 7.25. The number of rotatable bonds is 8. The molecule has 1 aromatic heterocycles. The number of aromatic nitrogens is 1. The summed E-state index contributed by atoms with van der Waals surface area (Å²) in [7, 11) is 0. The number of nitrogens with one attached hydrogen (secondary N) is 1. The van der Waals surface area contributed by atoms with E-state index < -0.39 is 30.1 Å². The van der Waals surface area contributed by atoms with Crippen LogP contribution in [0.3, 0.4) is 0 Å². The number of esters is 1. The molecular weight excluding hydrogens is 388 g/mol. The number of amides is 2. The lowest BCUT2D eigenvalue weighted by Crippen LogP contribution is -2.56. The van der Waals surface area contributed by atoms with Crippen LogP contribution < -0.4 is 10.2 Å². The second-order valence-electron chi connectivity index (χ2n) is 7.92. The topological polar surface area (TPSA) is 104 Å². The van der Waals surface area contributed by atoms with Crippen molar-refractivity contribution in [2.24, 2.45) is 5.92 Å². The summed E-state index contributed by atoms with van der Waals surface area (Å²) in [5, 5.41) is 2.79. The molecule has 0 spiro atoms. The highest BCUT2D eigenvalue weighted by molar-refractivity contribution is 5.95. The van der Waals surface area contributed by atoms with Gasteiger partial charge in [-0.2, -0.15) is 0 Å². The Labute approximate surface area is 176 Å². The van der Waals surface area contributed by atoms with Crippen LogP contribution >= 0.6 is 0 Å². The standard InChI is InChI=1S/C21H30N4O5/c1-4-29-21(28)18-17(30-18)19(26)23-15(13-14(2)3)20(27)25-11-9-24(10-12-25)16-7-5-6-8-22-16/h5-8,14-15,17-18H,4,9-13H2,1-3H3,(H,23,26). The first-order valence-electron chi connectivity index (χ1n) is 10.5. The zero-order chi connectivity index (χ0) is 21.7. The zero-order valence-electron chi connectivity index (χ0n) is 17.7. The van der Waals surface area contributed by atoms with Gasteiger partial charge < -0.3 is 24.6 Å². The Hall–Kier alpha value is -2.68. The van der Waals surface area contributed by atoms with Gasteiger partial charge in [0.25, 0.3) is 5.91 Å². The summed E-state index contributed by atoms with van der Waals surface area (Å²) in [6.07, 6.45) is 0.515. The number of hydrogen-bond donors (Lipinski definition) is 1. The van der Waals surface area contributed by atoms with Crippen molar-refractivity contribution >= 4 is 23.6 Å². The van der Waals surface area contributed by atoms with Gasteiger partial charge in [0.05, 0.1) is 6.61 Å². The maximum atomic E-state index is 13.1. The van der Waals surface area contributed by atoms with E-state index in [0.717, 1.165) is 5.82 Å². The quantitative estimate of drug-likeness (QED) is 0.487. The average molecular weight is 418 g/mol. The van der Waals surface area contributed by atoms with Gasteiger partial charge in [0.1, 0.15) is 11.9 Å². The highest BCUT2D eigenvalue weighted by Crippen LogP contribution is 2.24. The summed E-state index contributed by atoms with van der Waals surface area (Å²) in [6, 6.07) is 5.12. The summed E-state index contributed by atoms with van der Waals surface area (Å²) >= 11 is 0. The summed E-state index contributed by atoms with van der Waals surface area (Å²) in [4.78, 5) is 45.6. The molecule has 0 bridgehead atoms. The molecule has 9 heteroatoms. The molecule has 2 aliphatic rings. The van der Waals surface area contributed by atoms with Crippen molar-refractivity contribution < 1.29 is 23.9 Å². The van der Waals surface area contributed by atoms with Crippen LogP contribution in [0.4, 0.5) is 5.82 Å². The Bertz CT molecular complexity index is 749. The summed E-state index contributed by atoms with van der Waals surface area (Å²) in [5.41, 5.74) is 0. The Balaban J connectivity index is 1.55. The van der Waals surface area contributed by atoms with Gasteiger partial charge in [0.2, 0.25) is 5.91 Å². The minimum Gasteiger partial charge on any atom is -0.464 e. The molecule has 9 nitrogen and oxygen atoms in total. The van der Waals surface area contributed by atoms with Crippen LogP contribution in [-0.2, 0) is 23.9 Å². The van der Waals surface area contributed by atoms with Gasteiger partial charge in [0.15, 0.2) is 12.2 Å². The predicted molar refractivity (Wildman–Crippen MR) is 110 cm³/mol. The van der Waals surface area contributed by atoms with Crippen LogP contribution in [0.1, 0.15) is 27.2 Å². The maximum absolute atomic E-state index is 13.1. The predicted octanol–water partition coefficient (Wildman–Crippen LogP) is 0.592. The van der Waals surface area contributed by atoms with Gasteiger partial charge >= 0.3 is 5.97 Å². The molecule has 0 aromatic carbocycles. The van der Waals surface area contributed by atoms with E-state index >= 15 is 0 Å². The number of anilines is 1. The molecule has 2 amide bonds. The third-order valence-corrected chi connectivity index (χ3v) is 5.16. The van der Waals surface area contributed by atoms with E-state index in [0.29, 0.717) is 32.6 Å². The molecule has 1 N–H and O–H groups in total. The van der Waals surface area contributed by atoms with Crippen molar-refractivity contribution in [2.45, 2.75) is 45.4 Å². The van der Waals surface area contributed by atoms with Crippen LogP contribution in [0.5, 0.6) is 0 Å². The van der Waals surface area contributed by atoms with Gasteiger partial charge in [-0.05, 0) is 31.4 Å². The number of hydrogen-bond acceptors (Lipinski definition) is 7. The monoisotopic (exact) mass is 418 g/mol. The van der Waals surface area contributed by atoms with Gasteiger partial charge in [-0.3, -0.25) is 9.59 Å². The molecule has 1 aromatic rings. The van der Waals surface area contributed by atoms with Crippen molar-refractivity contribution in [3.05, 3.63) is 24.4 Å². The van der Waals surface area contributed by atoms with Gasteiger partial charge in [-0.25, -0.2) is 9.78 Å². The molecule has 164 valence electrons. The third-order valence-electron chi connectivity index (χ3n) is 5.16. The Morgan fingerprint density at radius 2 is 1.93 bits per heavy atom. The highest BCUT2D eigenvalue weighted by Gasteiger charge is 2.52. The first-order chi connectivity index (χ1) is 14.4. The lowest BCUT2D eigenvalue weighted by Gasteiger charge is -2.37. The van der Waals surface area contributed by atoms with Crippen molar-refractivity contribution in [1.29, 1.82) is 0 Å². The molecule has 2 aliphatic heterocycles. The fraction of sp³-hybridized carbons (Fsp3) is 0.619. The minimum atomic E-state index is -0.882. The molecule has 0 saturated carbocycles. The smallest absolute Gasteiger partial charge is 0.338 e. The number of pyridine rings is 1. The van der Waals surface area contributed by atoms with Gasteiger partial charge in [0, 0.05) is 32.4 Å². The van der Waals surface area contributed by atoms with Crippen molar-refractivity contribution in [2.75, 3.05) is 37.7 Å². The van der Waals surface area contributed by atoms with E-state index in [9.17, 15) is 14.4 Å². The first kappa shape index (κ1) is 22.0. The molecule has 2 fully saturated rings. The SMILES string of the molecule is CCOC(=O)C1OC1C(=O)NC(CC(C)C)C(=O)N1CCN(c2ccccn2)CC1. The lowest BCUT2D eigenvalue weighted by atomic mass is 10.0. The summed E-state index contributed by atoms with van der Waals surface area (Å²) in [5.74, 6) is 0.0165. The van der Waals surface area contributed by atoms with Crippen LogP contribution in [0.2, 0.25) is 0 Å². The molecule has 2 saturated heterocycles. The first-order valence-corrected chi connectivity index (χ1v) is 10.5. The number of piperazine rings is 1. The second kappa shape index (κ2) is 9.88. The Morgan fingerprint density at radius 1 is 1.20 bits per heavy atom. The molecule has 0 radical (unpaired) electrons. The second-order valence-corrected chi connectivity index (χ2v) is 7.92. The van der Waals surface area contributed by atoms with Crippen molar-refractivity contribution in [3.8, 4) is 0 Å². The maximum Gasteiger partial charge on any atom is 0.338 e.